The van der Waals surface area contributed by atoms with E-state index < -0.39 is 0 Å². The van der Waals surface area contributed by atoms with Gasteiger partial charge in [-0.15, -0.1) is 0 Å². The predicted octanol–water partition coefficient (Wildman–Crippen LogP) is 1.99. The van der Waals surface area contributed by atoms with Crippen molar-refractivity contribution in [3.8, 4) is 5.75 Å². The molecule has 0 unspecified atom stereocenters. The van der Waals surface area contributed by atoms with Gasteiger partial charge in [0.1, 0.15) is 5.75 Å². The molecule has 19 heavy (non-hydrogen) atoms. The summed E-state index contributed by atoms with van der Waals surface area (Å²) in [5, 5.41) is 0. The molecule has 5 heteroatoms. The lowest BCUT2D eigenvalue weighted by molar-refractivity contribution is -0.133. The highest BCUT2D eigenvalue weighted by Gasteiger charge is 2.18. The molecule has 0 aromatic heterocycles. The Labute approximate surface area is 122 Å². The number of rotatable bonds is 4. The maximum absolute atomic E-state index is 12.0. The van der Waals surface area contributed by atoms with Crippen LogP contribution in [0.5, 0.6) is 5.75 Å². The van der Waals surface area contributed by atoms with Crippen LogP contribution in [0.3, 0.4) is 0 Å². The molecule has 1 aliphatic heterocycles. The van der Waals surface area contributed by atoms with E-state index >= 15 is 0 Å². The zero-order valence-electron chi connectivity index (χ0n) is 11.1. The maximum atomic E-state index is 12.0. The van der Waals surface area contributed by atoms with Crippen molar-refractivity contribution < 1.29 is 9.53 Å². The van der Waals surface area contributed by atoms with Crippen molar-refractivity contribution in [3.05, 3.63) is 28.7 Å². The standard InChI is InChI=1S/C14H19BrN2O2/c1-16-7-9-17(10-8-16)14(18)6-11-19-13-4-2-12(15)3-5-13/h2-5H,6-11H2,1H3. The van der Waals surface area contributed by atoms with Gasteiger partial charge < -0.3 is 14.5 Å². The fourth-order valence-electron chi connectivity index (χ4n) is 2.00. The normalized spacial score (nSPS) is 16.4. The highest BCUT2D eigenvalue weighted by molar-refractivity contribution is 9.10. The lowest BCUT2D eigenvalue weighted by atomic mass is 10.3. The first-order valence-electron chi connectivity index (χ1n) is 6.50. The van der Waals surface area contributed by atoms with Gasteiger partial charge in [-0.2, -0.15) is 0 Å². The molecule has 0 aliphatic carbocycles. The third-order valence-electron chi connectivity index (χ3n) is 3.25. The molecule has 104 valence electrons. The topological polar surface area (TPSA) is 32.8 Å². The summed E-state index contributed by atoms with van der Waals surface area (Å²) in [4.78, 5) is 16.1. The van der Waals surface area contributed by atoms with Gasteiger partial charge >= 0.3 is 0 Å². The van der Waals surface area contributed by atoms with Gasteiger partial charge in [0.2, 0.25) is 5.91 Å². The molecule has 0 radical (unpaired) electrons. The van der Waals surface area contributed by atoms with Crippen LogP contribution in [0.15, 0.2) is 28.7 Å². The molecule has 1 aliphatic rings. The van der Waals surface area contributed by atoms with E-state index in [4.69, 9.17) is 4.74 Å². The lowest BCUT2D eigenvalue weighted by Crippen LogP contribution is -2.47. The second-order valence-electron chi connectivity index (χ2n) is 4.74. The third kappa shape index (κ3) is 4.51. The Morgan fingerprint density at radius 1 is 1.21 bits per heavy atom. The summed E-state index contributed by atoms with van der Waals surface area (Å²) in [6.45, 7) is 4.01. The van der Waals surface area contributed by atoms with E-state index in [9.17, 15) is 4.79 Å². The first kappa shape index (κ1) is 14.3. The Balaban J connectivity index is 1.70. The summed E-state index contributed by atoms with van der Waals surface area (Å²) in [6, 6.07) is 7.64. The number of carbonyl (C=O) groups excluding carboxylic acids is 1. The number of benzene rings is 1. The number of ether oxygens (including phenoxy) is 1. The van der Waals surface area contributed by atoms with Crippen LogP contribution in [0.4, 0.5) is 0 Å². The van der Waals surface area contributed by atoms with E-state index in [2.05, 4.69) is 27.9 Å². The van der Waals surface area contributed by atoms with Crippen LogP contribution in [0.25, 0.3) is 0 Å². The van der Waals surface area contributed by atoms with Crippen LogP contribution in [-0.2, 0) is 4.79 Å². The van der Waals surface area contributed by atoms with Crippen LogP contribution >= 0.6 is 15.9 Å². The second kappa shape index (κ2) is 6.91. The number of likely N-dealkylation sites (N-methyl/N-ethyl adjacent to an activating group) is 1. The monoisotopic (exact) mass is 326 g/mol. The highest BCUT2D eigenvalue weighted by atomic mass is 79.9. The van der Waals surface area contributed by atoms with Crippen molar-refractivity contribution in [3.63, 3.8) is 0 Å². The van der Waals surface area contributed by atoms with Crippen molar-refractivity contribution >= 4 is 21.8 Å². The Morgan fingerprint density at radius 3 is 2.47 bits per heavy atom. The van der Waals surface area contributed by atoms with Crippen LogP contribution in [0, 0.1) is 0 Å². The molecule has 1 saturated heterocycles. The molecule has 2 rings (SSSR count). The molecular weight excluding hydrogens is 308 g/mol. The number of halogens is 1. The Bertz CT molecular complexity index is 414. The average molecular weight is 327 g/mol. The van der Waals surface area contributed by atoms with Gasteiger partial charge in [0.05, 0.1) is 13.0 Å². The lowest BCUT2D eigenvalue weighted by Gasteiger charge is -2.32. The largest absolute Gasteiger partial charge is 0.493 e. The maximum Gasteiger partial charge on any atom is 0.226 e. The van der Waals surface area contributed by atoms with Gasteiger partial charge in [0, 0.05) is 30.7 Å². The van der Waals surface area contributed by atoms with Crippen molar-refractivity contribution in [2.45, 2.75) is 6.42 Å². The number of carbonyl (C=O) groups is 1. The molecule has 1 aromatic carbocycles. The van der Waals surface area contributed by atoms with Crippen molar-refractivity contribution in [1.29, 1.82) is 0 Å². The molecule has 0 bridgehead atoms. The molecule has 1 fully saturated rings. The van der Waals surface area contributed by atoms with Gasteiger partial charge in [0.25, 0.3) is 0 Å². The number of piperazine rings is 1. The van der Waals surface area contributed by atoms with E-state index in [1.54, 1.807) is 0 Å². The quantitative estimate of drug-likeness (QED) is 0.848. The van der Waals surface area contributed by atoms with Crippen molar-refractivity contribution in [2.75, 3.05) is 39.8 Å². The molecule has 0 spiro atoms. The van der Waals surface area contributed by atoms with Gasteiger partial charge in [-0.1, -0.05) is 15.9 Å². The Hall–Kier alpha value is -1.07. The summed E-state index contributed by atoms with van der Waals surface area (Å²) in [5.41, 5.74) is 0. The fourth-order valence-corrected chi connectivity index (χ4v) is 2.27. The minimum absolute atomic E-state index is 0.185. The van der Waals surface area contributed by atoms with E-state index in [1.165, 1.54) is 0 Å². The molecule has 0 atom stereocenters. The third-order valence-corrected chi connectivity index (χ3v) is 3.78. The number of hydrogen-bond acceptors (Lipinski definition) is 3. The van der Waals surface area contributed by atoms with Gasteiger partial charge in [0.15, 0.2) is 0 Å². The summed E-state index contributed by atoms with van der Waals surface area (Å²) in [6.07, 6.45) is 0.444. The first-order valence-corrected chi connectivity index (χ1v) is 7.29. The average Bonchev–Trinajstić information content (AvgIpc) is 2.41. The minimum Gasteiger partial charge on any atom is -0.493 e. The summed E-state index contributed by atoms with van der Waals surface area (Å²) < 4.78 is 6.59. The molecular formula is C14H19BrN2O2. The van der Waals surface area contributed by atoms with Crippen molar-refractivity contribution in [1.82, 2.24) is 9.80 Å². The number of nitrogens with zero attached hydrogens (tertiary/aromatic N) is 2. The molecule has 1 amide bonds. The molecule has 0 saturated carbocycles. The predicted molar refractivity (Wildman–Crippen MR) is 78.3 cm³/mol. The zero-order valence-corrected chi connectivity index (χ0v) is 12.7. The Morgan fingerprint density at radius 2 is 1.84 bits per heavy atom. The zero-order chi connectivity index (χ0) is 13.7. The smallest absolute Gasteiger partial charge is 0.226 e. The SMILES string of the molecule is CN1CCN(C(=O)CCOc2ccc(Br)cc2)CC1. The summed E-state index contributed by atoms with van der Waals surface area (Å²) in [5.74, 6) is 0.986. The van der Waals surface area contributed by atoms with E-state index in [1.807, 2.05) is 29.2 Å². The number of hydrogen-bond donors (Lipinski definition) is 0. The summed E-state index contributed by atoms with van der Waals surface area (Å²) >= 11 is 3.37. The van der Waals surface area contributed by atoms with Gasteiger partial charge in [-0.25, -0.2) is 0 Å². The van der Waals surface area contributed by atoms with Crippen LogP contribution in [-0.4, -0.2) is 55.5 Å². The van der Waals surface area contributed by atoms with E-state index in [0.717, 1.165) is 36.4 Å². The fraction of sp³-hybridized carbons (Fsp3) is 0.500. The van der Waals surface area contributed by atoms with Crippen LogP contribution in [0.1, 0.15) is 6.42 Å². The first-order chi connectivity index (χ1) is 9.15. The minimum atomic E-state index is 0.185. The summed E-state index contributed by atoms with van der Waals surface area (Å²) in [7, 11) is 2.08. The van der Waals surface area contributed by atoms with E-state index in [-0.39, 0.29) is 5.91 Å². The second-order valence-corrected chi connectivity index (χ2v) is 5.65. The Kier molecular flexibility index (Phi) is 5.22. The van der Waals surface area contributed by atoms with Crippen LogP contribution in [0.2, 0.25) is 0 Å². The van der Waals surface area contributed by atoms with Crippen molar-refractivity contribution in [2.24, 2.45) is 0 Å². The molecule has 1 heterocycles. The molecule has 4 nitrogen and oxygen atoms in total. The van der Waals surface area contributed by atoms with Gasteiger partial charge in [-0.3, -0.25) is 4.79 Å². The van der Waals surface area contributed by atoms with E-state index in [0.29, 0.717) is 13.0 Å². The highest BCUT2D eigenvalue weighted by Crippen LogP contribution is 2.16. The van der Waals surface area contributed by atoms with Gasteiger partial charge in [-0.05, 0) is 31.3 Å². The van der Waals surface area contributed by atoms with Crippen LogP contribution < -0.4 is 4.74 Å². The number of amides is 1. The molecule has 0 N–H and O–H groups in total. The molecule has 1 aromatic rings.